The summed E-state index contributed by atoms with van der Waals surface area (Å²) in [6.45, 7) is 2.92. The van der Waals surface area contributed by atoms with Crippen molar-refractivity contribution in [1.82, 2.24) is 5.32 Å². The molecule has 1 saturated heterocycles. The predicted octanol–water partition coefficient (Wildman–Crippen LogP) is 2.00. The zero-order valence-electron chi connectivity index (χ0n) is 14.9. The van der Waals surface area contributed by atoms with Gasteiger partial charge in [-0.25, -0.2) is 4.39 Å². The van der Waals surface area contributed by atoms with Crippen molar-refractivity contribution >= 4 is 11.6 Å². The highest BCUT2D eigenvalue weighted by Gasteiger charge is 2.43. The summed E-state index contributed by atoms with van der Waals surface area (Å²) in [5, 5.41) is 16.4. The average molecular weight is 364 g/mol. The standard InChI is InChI=1S/C19H25FN2O4/c1-13(23)12-21-18(24)19(6-8-25-9-7-19)11-16-10-17(22-26-16)14-2-4-15(20)5-3-14/h2-5,13,16,23H,6-12H2,1H3,(H,21,24)/t13-,16-/m0/s1. The minimum atomic E-state index is -0.591. The fraction of sp³-hybridized carbons (Fsp3) is 0.579. The highest BCUT2D eigenvalue weighted by atomic mass is 19.1. The number of carbonyl (C=O) groups is 1. The molecule has 6 nitrogen and oxygen atoms in total. The summed E-state index contributed by atoms with van der Waals surface area (Å²) in [5.74, 6) is -0.360. The smallest absolute Gasteiger partial charge is 0.226 e. The molecule has 1 fully saturated rings. The predicted molar refractivity (Wildman–Crippen MR) is 94.2 cm³/mol. The van der Waals surface area contributed by atoms with Crippen LogP contribution >= 0.6 is 0 Å². The van der Waals surface area contributed by atoms with Crippen LogP contribution in [0.1, 0.15) is 38.2 Å². The molecule has 0 bridgehead atoms. The zero-order valence-corrected chi connectivity index (χ0v) is 14.9. The molecule has 0 radical (unpaired) electrons. The molecule has 2 aliphatic heterocycles. The van der Waals surface area contributed by atoms with Gasteiger partial charge in [-0.15, -0.1) is 0 Å². The molecule has 0 aliphatic carbocycles. The quantitative estimate of drug-likeness (QED) is 0.809. The number of nitrogens with one attached hydrogen (secondary N) is 1. The Morgan fingerprint density at radius 1 is 1.38 bits per heavy atom. The van der Waals surface area contributed by atoms with Crippen molar-refractivity contribution in [2.75, 3.05) is 19.8 Å². The van der Waals surface area contributed by atoms with Crippen LogP contribution in [0.4, 0.5) is 4.39 Å². The molecule has 2 aliphatic rings. The van der Waals surface area contributed by atoms with Gasteiger partial charge in [0.1, 0.15) is 11.9 Å². The minimum Gasteiger partial charge on any atom is -0.392 e. The first-order valence-corrected chi connectivity index (χ1v) is 9.01. The van der Waals surface area contributed by atoms with E-state index in [1.54, 1.807) is 19.1 Å². The lowest BCUT2D eigenvalue weighted by Gasteiger charge is -2.37. The molecule has 0 spiro atoms. The van der Waals surface area contributed by atoms with Crippen LogP contribution in [0.3, 0.4) is 0 Å². The number of ether oxygens (including phenoxy) is 1. The van der Waals surface area contributed by atoms with E-state index in [9.17, 15) is 14.3 Å². The van der Waals surface area contributed by atoms with Crippen LogP contribution < -0.4 is 5.32 Å². The van der Waals surface area contributed by atoms with Crippen molar-refractivity contribution in [2.45, 2.75) is 44.8 Å². The first-order valence-electron chi connectivity index (χ1n) is 9.01. The van der Waals surface area contributed by atoms with E-state index in [1.807, 2.05) is 0 Å². The van der Waals surface area contributed by atoms with E-state index in [1.165, 1.54) is 12.1 Å². The van der Waals surface area contributed by atoms with Gasteiger partial charge in [-0.1, -0.05) is 17.3 Å². The van der Waals surface area contributed by atoms with Crippen molar-refractivity contribution in [3.8, 4) is 0 Å². The van der Waals surface area contributed by atoms with E-state index in [-0.39, 0.29) is 24.4 Å². The number of nitrogens with zero attached hydrogens (tertiary/aromatic N) is 1. The third-order valence-corrected chi connectivity index (χ3v) is 5.02. The number of hydrogen-bond acceptors (Lipinski definition) is 5. The average Bonchev–Trinajstić information content (AvgIpc) is 3.09. The molecule has 2 N–H and O–H groups in total. The topological polar surface area (TPSA) is 80.2 Å². The lowest BCUT2D eigenvalue weighted by Crippen LogP contribution is -2.48. The summed E-state index contributed by atoms with van der Waals surface area (Å²) in [5.41, 5.74) is 1.01. The van der Waals surface area contributed by atoms with Crippen molar-refractivity contribution in [3.63, 3.8) is 0 Å². The molecule has 142 valence electrons. The normalized spacial score (nSPS) is 23.0. The summed E-state index contributed by atoms with van der Waals surface area (Å²) in [6.07, 6.45) is 1.56. The molecule has 7 heteroatoms. The Bertz CT molecular complexity index is 654. The second-order valence-electron chi connectivity index (χ2n) is 7.13. The summed E-state index contributed by atoms with van der Waals surface area (Å²) >= 11 is 0. The van der Waals surface area contributed by atoms with Crippen molar-refractivity contribution in [2.24, 2.45) is 10.6 Å². The van der Waals surface area contributed by atoms with Crippen molar-refractivity contribution in [1.29, 1.82) is 0 Å². The summed E-state index contributed by atoms with van der Waals surface area (Å²) in [7, 11) is 0. The van der Waals surface area contributed by atoms with E-state index in [4.69, 9.17) is 9.57 Å². The Hall–Kier alpha value is -1.99. The Kier molecular flexibility index (Phi) is 5.88. The Labute approximate surface area is 152 Å². The number of oxime groups is 1. The van der Waals surface area contributed by atoms with Crippen molar-refractivity contribution in [3.05, 3.63) is 35.6 Å². The molecule has 2 heterocycles. The summed E-state index contributed by atoms with van der Waals surface area (Å²) in [4.78, 5) is 18.4. The van der Waals surface area contributed by atoms with Gasteiger partial charge in [-0.3, -0.25) is 4.79 Å². The van der Waals surface area contributed by atoms with Gasteiger partial charge in [0, 0.05) is 32.6 Å². The van der Waals surface area contributed by atoms with Gasteiger partial charge < -0.3 is 20.0 Å². The van der Waals surface area contributed by atoms with Crippen LogP contribution in [-0.2, 0) is 14.4 Å². The lowest BCUT2D eigenvalue weighted by atomic mass is 9.74. The van der Waals surface area contributed by atoms with Crippen LogP contribution in [0, 0.1) is 11.2 Å². The molecule has 3 rings (SSSR count). The summed E-state index contributed by atoms with van der Waals surface area (Å²) in [6, 6.07) is 6.15. The fourth-order valence-corrected chi connectivity index (χ4v) is 3.50. The van der Waals surface area contributed by atoms with Gasteiger partial charge in [-0.2, -0.15) is 0 Å². The second-order valence-corrected chi connectivity index (χ2v) is 7.13. The van der Waals surface area contributed by atoms with Crippen LogP contribution in [0.15, 0.2) is 29.4 Å². The number of halogens is 1. The van der Waals surface area contributed by atoms with Crippen LogP contribution in [0.5, 0.6) is 0 Å². The highest BCUT2D eigenvalue weighted by Crippen LogP contribution is 2.38. The molecular formula is C19H25FN2O4. The zero-order chi connectivity index (χ0) is 18.6. The third-order valence-electron chi connectivity index (χ3n) is 5.02. The molecule has 0 saturated carbocycles. The van der Waals surface area contributed by atoms with E-state index >= 15 is 0 Å². The van der Waals surface area contributed by atoms with Gasteiger partial charge in [0.15, 0.2) is 0 Å². The molecule has 0 aromatic heterocycles. The van der Waals surface area contributed by atoms with Gasteiger partial charge in [0.2, 0.25) is 5.91 Å². The maximum Gasteiger partial charge on any atom is 0.226 e. The fourth-order valence-electron chi connectivity index (χ4n) is 3.50. The third kappa shape index (κ3) is 4.40. The van der Waals surface area contributed by atoms with Crippen molar-refractivity contribution < 1.29 is 23.9 Å². The molecule has 1 amide bonds. The Morgan fingerprint density at radius 3 is 2.73 bits per heavy atom. The van der Waals surface area contributed by atoms with Crippen LogP contribution in [0.2, 0.25) is 0 Å². The van der Waals surface area contributed by atoms with E-state index in [0.29, 0.717) is 38.9 Å². The number of benzene rings is 1. The number of amides is 1. The van der Waals surface area contributed by atoms with Gasteiger partial charge in [0.25, 0.3) is 0 Å². The molecular weight excluding hydrogens is 339 g/mol. The van der Waals surface area contributed by atoms with E-state index in [2.05, 4.69) is 10.5 Å². The lowest BCUT2D eigenvalue weighted by molar-refractivity contribution is -0.140. The number of aliphatic hydroxyl groups excluding tert-OH is 1. The van der Waals surface area contributed by atoms with Gasteiger partial charge >= 0.3 is 0 Å². The highest BCUT2D eigenvalue weighted by molar-refractivity contribution is 6.01. The van der Waals surface area contributed by atoms with E-state index < -0.39 is 11.5 Å². The Morgan fingerprint density at radius 2 is 2.08 bits per heavy atom. The second kappa shape index (κ2) is 8.14. The number of rotatable bonds is 6. The molecule has 1 aromatic rings. The first kappa shape index (κ1) is 18.8. The summed E-state index contributed by atoms with van der Waals surface area (Å²) < 4.78 is 18.5. The maximum atomic E-state index is 13.1. The monoisotopic (exact) mass is 364 g/mol. The number of hydrogen-bond donors (Lipinski definition) is 2. The minimum absolute atomic E-state index is 0.0690. The largest absolute Gasteiger partial charge is 0.392 e. The molecule has 1 aromatic carbocycles. The SMILES string of the molecule is C[C@H](O)CNC(=O)C1(C[C@@H]2CC(c3ccc(F)cc3)=NO2)CCOCC1. The van der Waals surface area contributed by atoms with E-state index in [0.717, 1.165) is 11.3 Å². The van der Waals surface area contributed by atoms with Crippen LogP contribution in [0.25, 0.3) is 0 Å². The number of aliphatic hydroxyl groups is 1. The maximum absolute atomic E-state index is 13.1. The van der Waals surface area contributed by atoms with Crippen LogP contribution in [-0.4, -0.2) is 48.7 Å². The number of carbonyl (C=O) groups excluding carboxylic acids is 1. The first-order chi connectivity index (χ1) is 12.5. The van der Waals surface area contributed by atoms with Gasteiger partial charge in [-0.05, 0) is 37.5 Å². The molecule has 0 unspecified atom stereocenters. The Balaban J connectivity index is 1.65. The molecule has 2 atom stereocenters. The molecule has 26 heavy (non-hydrogen) atoms. The van der Waals surface area contributed by atoms with Gasteiger partial charge in [0.05, 0.1) is 17.2 Å².